The molecule has 11 nitrogen and oxygen atoms in total. The molecule has 0 amide bonds. The highest BCUT2D eigenvalue weighted by molar-refractivity contribution is 5.66. The summed E-state index contributed by atoms with van der Waals surface area (Å²) in [6.07, 6.45) is 0.947. The van der Waals surface area contributed by atoms with Gasteiger partial charge in [-0.3, -0.25) is 35.1 Å². The Hall–Kier alpha value is -3.11. The Kier molecular flexibility index (Phi) is 6.06. The lowest BCUT2D eigenvalue weighted by Crippen LogP contribution is -2.03. The zero-order chi connectivity index (χ0) is 17.6. The summed E-state index contributed by atoms with van der Waals surface area (Å²) in [7, 11) is 0. The number of hydrogen-bond donors (Lipinski definition) is 1. The van der Waals surface area contributed by atoms with E-state index in [4.69, 9.17) is 5.11 Å². The summed E-state index contributed by atoms with van der Waals surface area (Å²) in [5.74, 6) is -0.975. The van der Waals surface area contributed by atoms with E-state index in [-0.39, 0.29) is 18.4 Å². The lowest BCUT2D eigenvalue weighted by Gasteiger charge is -2.04. The van der Waals surface area contributed by atoms with Gasteiger partial charge in [-0.1, -0.05) is 6.42 Å². The van der Waals surface area contributed by atoms with Crippen molar-refractivity contribution in [1.29, 1.82) is 0 Å². The van der Waals surface area contributed by atoms with Crippen molar-refractivity contribution >= 4 is 23.0 Å². The second kappa shape index (κ2) is 7.77. The highest BCUT2D eigenvalue weighted by Gasteiger charge is 2.29. The van der Waals surface area contributed by atoms with Gasteiger partial charge in [-0.2, -0.15) is 0 Å². The summed E-state index contributed by atoms with van der Waals surface area (Å²) in [5.41, 5.74) is -2.27. The Balaban J connectivity index is 3.07. The zero-order valence-electron chi connectivity index (χ0n) is 11.8. The maximum Gasteiger partial charge on any atom is 0.303 e. The van der Waals surface area contributed by atoms with Gasteiger partial charge in [0.25, 0.3) is 17.1 Å². The summed E-state index contributed by atoms with van der Waals surface area (Å²) >= 11 is 0. The third-order valence-electron chi connectivity index (χ3n) is 3.11. The van der Waals surface area contributed by atoms with Crippen LogP contribution < -0.4 is 0 Å². The third-order valence-corrected chi connectivity index (χ3v) is 3.11. The minimum Gasteiger partial charge on any atom is -0.481 e. The summed E-state index contributed by atoms with van der Waals surface area (Å²) in [5, 5.41) is 41.3. The van der Waals surface area contributed by atoms with Gasteiger partial charge < -0.3 is 5.11 Å². The van der Waals surface area contributed by atoms with E-state index in [0.29, 0.717) is 31.4 Å². The highest BCUT2D eigenvalue weighted by atomic mass is 16.6. The standard InChI is InChI=1S/C12H13N3O8/c16-12(17)5-3-1-2-4-9-10(14(20)21)6-8(13(18)19)7-11(9)15(22)23/h6-7H,1-5H2,(H,16,17). The molecule has 0 saturated carbocycles. The van der Waals surface area contributed by atoms with Crippen LogP contribution in [0.15, 0.2) is 12.1 Å². The molecule has 0 radical (unpaired) electrons. The Morgan fingerprint density at radius 3 is 1.83 bits per heavy atom. The number of nitrogens with zero attached hydrogens (tertiary/aromatic N) is 3. The Labute approximate surface area is 129 Å². The number of carbonyl (C=O) groups is 1. The SMILES string of the molecule is O=C(O)CCCCCc1c([N+](=O)[O-])cc([N+](=O)[O-])cc1[N+](=O)[O-]. The lowest BCUT2D eigenvalue weighted by atomic mass is 10.0. The molecule has 23 heavy (non-hydrogen) atoms. The molecule has 11 heteroatoms. The van der Waals surface area contributed by atoms with Gasteiger partial charge in [0.1, 0.15) is 5.56 Å². The predicted molar refractivity (Wildman–Crippen MR) is 76.2 cm³/mol. The number of rotatable bonds is 9. The number of nitro benzene ring substituents is 3. The van der Waals surface area contributed by atoms with Crippen molar-refractivity contribution in [2.45, 2.75) is 32.1 Å². The number of carboxylic acid groups (broad SMARTS) is 1. The van der Waals surface area contributed by atoms with Crippen molar-refractivity contribution in [2.75, 3.05) is 0 Å². The van der Waals surface area contributed by atoms with Crippen LogP contribution in [0.25, 0.3) is 0 Å². The number of unbranched alkanes of at least 4 members (excludes halogenated alkanes) is 2. The molecular weight excluding hydrogens is 314 g/mol. The zero-order valence-corrected chi connectivity index (χ0v) is 11.8. The molecule has 0 aromatic heterocycles. The van der Waals surface area contributed by atoms with Gasteiger partial charge in [-0.25, -0.2) is 0 Å². The van der Waals surface area contributed by atoms with E-state index in [1.807, 2.05) is 0 Å². The fourth-order valence-corrected chi connectivity index (χ4v) is 2.07. The molecule has 0 bridgehead atoms. The first kappa shape index (κ1) is 17.9. The van der Waals surface area contributed by atoms with Crippen LogP contribution in [0.1, 0.15) is 31.2 Å². The van der Waals surface area contributed by atoms with Crippen LogP contribution in [0.2, 0.25) is 0 Å². The molecule has 1 rings (SSSR count). The van der Waals surface area contributed by atoms with Crippen LogP contribution in [0.5, 0.6) is 0 Å². The van der Waals surface area contributed by atoms with Crippen LogP contribution >= 0.6 is 0 Å². The van der Waals surface area contributed by atoms with E-state index in [2.05, 4.69) is 0 Å². The van der Waals surface area contributed by atoms with Crippen molar-refractivity contribution in [3.63, 3.8) is 0 Å². The molecule has 0 saturated heterocycles. The van der Waals surface area contributed by atoms with Gasteiger partial charge in [-0.15, -0.1) is 0 Å². The number of aliphatic carboxylic acids is 1. The summed E-state index contributed by atoms with van der Waals surface area (Å²) in [6, 6.07) is 1.39. The minimum absolute atomic E-state index is 0.0375. The van der Waals surface area contributed by atoms with Crippen LogP contribution in [-0.4, -0.2) is 25.8 Å². The fourth-order valence-electron chi connectivity index (χ4n) is 2.07. The van der Waals surface area contributed by atoms with Gasteiger partial charge in [0.05, 0.1) is 26.9 Å². The molecule has 1 aromatic carbocycles. The molecule has 0 unspecified atom stereocenters. The summed E-state index contributed by atoms with van der Waals surface area (Å²) < 4.78 is 0. The normalized spacial score (nSPS) is 10.3. The summed E-state index contributed by atoms with van der Waals surface area (Å²) in [4.78, 5) is 40.4. The molecule has 0 fully saturated rings. The maximum atomic E-state index is 11.0. The molecule has 1 N–H and O–H groups in total. The summed E-state index contributed by atoms with van der Waals surface area (Å²) in [6.45, 7) is 0. The topological polar surface area (TPSA) is 167 Å². The minimum atomic E-state index is -0.975. The first-order valence-corrected chi connectivity index (χ1v) is 6.56. The largest absolute Gasteiger partial charge is 0.481 e. The molecule has 1 aromatic rings. The second-order valence-electron chi connectivity index (χ2n) is 4.69. The van der Waals surface area contributed by atoms with Gasteiger partial charge in [0, 0.05) is 6.42 Å². The van der Waals surface area contributed by atoms with Gasteiger partial charge in [-0.05, 0) is 19.3 Å². The smallest absolute Gasteiger partial charge is 0.303 e. The van der Waals surface area contributed by atoms with E-state index in [1.165, 1.54) is 0 Å². The van der Waals surface area contributed by atoms with Crippen molar-refractivity contribution in [2.24, 2.45) is 0 Å². The molecular formula is C12H13N3O8. The number of hydrogen-bond acceptors (Lipinski definition) is 7. The third kappa shape index (κ3) is 4.98. The Morgan fingerprint density at radius 1 is 0.913 bits per heavy atom. The van der Waals surface area contributed by atoms with Crippen LogP contribution in [0, 0.1) is 30.3 Å². The maximum absolute atomic E-state index is 11.0. The molecule has 0 atom stereocenters. The first-order valence-electron chi connectivity index (χ1n) is 6.56. The molecule has 0 heterocycles. The highest BCUT2D eigenvalue weighted by Crippen LogP contribution is 2.34. The average Bonchev–Trinajstić information content (AvgIpc) is 2.45. The number of carboxylic acids is 1. The van der Waals surface area contributed by atoms with Crippen molar-refractivity contribution in [3.05, 3.63) is 48.0 Å². The van der Waals surface area contributed by atoms with E-state index < -0.39 is 37.8 Å². The Morgan fingerprint density at radius 2 is 1.43 bits per heavy atom. The number of benzene rings is 1. The predicted octanol–water partition coefficient (Wildman–Crippen LogP) is 2.60. The quantitative estimate of drug-likeness (QED) is 0.410. The van der Waals surface area contributed by atoms with Crippen LogP contribution in [0.4, 0.5) is 17.1 Å². The molecule has 124 valence electrons. The van der Waals surface area contributed by atoms with Gasteiger partial charge in [0.2, 0.25) is 0 Å². The van der Waals surface area contributed by atoms with Crippen molar-refractivity contribution < 1.29 is 24.7 Å². The monoisotopic (exact) mass is 327 g/mol. The first-order chi connectivity index (χ1) is 10.7. The molecule has 0 aliphatic carbocycles. The van der Waals surface area contributed by atoms with Crippen molar-refractivity contribution in [1.82, 2.24) is 0 Å². The number of non-ortho nitro benzene ring substituents is 1. The van der Waals surface area contributed by atoms with E-state index in [1.54, 1.807) is 0 Å². The number of nitro groups is 3. The molecule has 0 aliphatic rings. The molecule has 0 spiro atoms. The molecule has 0 aliphatic heterocycles. The fraction of sp³-hybridized carbons (Fsp3) is 0.417. The van der Waals surface area contributed by atoms with Crippen LogP contribution in [-0.2, 0) is 11.2 Å². The van der Waals surface area contributed by atoms with E-state index in [9.17, 15) is 35.1 Å². The Bertz CT molecular complexity index is 623. The second-order valence-corrected chi connectivity index (χ2v) is 4.69. The van der Waals surface area contributed by atoms with Gasteiger partial charge in [0.15, 0.2) is 0 Å². The van der Waals surface area contributed by atoms with Gasteiger partial charge >= 0.3 is 5.97 Å². The van der Waals surface area contributed by atoms with E-state index >= 15 is 0 Å². The average molecular weight is 327 g/mol. The lowest BCUT2D eigenvalue weighted by molar-refractivity contribution is -0.404. The van der Waals surface area contributed by atoms with E-state index in [0.717, 1.165) is 0 Å². The van der Waals surface area contributed by atoms with Crippen molar-refractivity contribution in [3.8, 4) is 0 Å². The van der Waals surface area contributed by atoms with Crippen LogP contribution in [0.3, 0.4) is 0 Å².